The lowest BCUT2D eigenvalue weighted by atomic mass is 9.86. The highest BCUT2D eigenvalue weighted by atomic mass is 16.5. The van der Waals surface area contributed by atoms with Crippen LogP contribution in [0.25, 0.3) is 11.3 Å². The predicted molar refractivity (Wildman–Crippen MR) is 195 cm³/mol. The summed E-state index contributed by atoms with van der Waals surface area (Å²) >= 11 is 0. The van der Waals surface area contributed by atoms with Crippen molar-refractivity contribution in [2.45, 2.75) is 115 Å². The number of rotatable bonds is 7. The van der Waals surface area contributed by atoms with Gasteiger partial charge >= 0.3 is 6.09 Å². The zero-order chi connectivity index (χ0) is 35.3. The Morgan fingerprint density at radius 2 is 1.58 bits per heavy atom. The largest absolute Gasteiger partial charge is 0.495 e. The summed E-state index contributed by atoms with van der Waals surface area (Å²) in [5.74, 6) is 3.91. The summed E-state index contributed by atoms with van der Waals surface area (Å²) in [6.45, 7) is 3.48. The van der Waals surface area contributed by atoms with E-state index in [0.29, 0.717) is 17.7 Å². The van der Waals surface area contributed by atoms with Crippen LogP contribution >= 0.6 is 0 Å². The van der Waals surface area contributed by atoms with E-state index in [1.807, 2.05) is 32.2 Å². The van der Waals surface area contributed by atoms with Crippen LogP contribution < -0.4 is 15.0 Å². The Labute approximate surface area is 298 Å². The zero-order valence-corrected chi connectivity index (χ0v) is 30.3. The molecule has 1 saturated heterocycles. The Kier molecular flexibility index (Phi) is 14.0. The molecule has 4 aliphatic rings. The average molecular weight is 692 g/mol. The second kappa shape index (κ2) is 18.8. The molecule has 0 radical (unpaired) electrons. The molecule has 1 N–H and O–H groups in total. The van der Waals surface area contributed by atoms with Crippen molar-refractivity contribution in [3.05, 3.63) is 54.0 Å². The molecule has 0 atom stereocenters. The second-order valence-corrected chi connectivity index (χ2v) is 13.9. The number of pyridine rings is 2. The molecule has 0 unspecified atom stereocenters. The van der Waals surface area contributed by atoms with Crippen LogP contribution in [-0.4, -0.2) is 67.5 Å². The molecule has 0 bridgehead atoms. The summed E-state index contributed by atoms with van der Waals surface area (Å²) in [6, 6.07) is 8.25. The van der Waals surface area contributed by atoms with E-state index in [4.69, 9.17) is 13.9 Å². The monoisotopic (exact) mass is 691 g/mol. The SMILES string of the molecule is CN(C(=O)C1CCCCC1)c1cc(-c2coc(C3CC3)n2)ccn1.COC(=O)NC1CCOCC1.COc1ccc(C2CCCCC2)nc1C.[HH]. The van der Waals surface area contributed by atoms with Crippen molar-refractivity contribution in [3.8, 4) is 17.0 Å². The summed E-state index contributed by atoms with van der Waals surface area (Å²) in [4.78, 5) is 38.7. The van der Waals surface area contributed by atoms with Crippen molar-refractivity contribution >= 4 is 17.8 Å². The third-order valence-corrected chi connectivity index (χ3v) is 10.1. The topological polar surface area (TPSA) is 129 Å². The molecule has 0 aromatic carbocycles. The fourth-order valence-corrected chi connectivity index (χ4v) is 6.91. The van der Waals surface area contributed by atoms with Gasteiger partial charge in [-0.1, -0.05) is 38.5 Å². The second-order valence-electron chi connectivity index (χ2n) is 13.9. The molecular weight excluding hydrogens is 634 g/mol. The molecule has 3 aromatic rings. The number of carbonyl (C=O) groups is 2. The van der Waals surface area contributed by atoms with Crippen LogP contribution in [-0.2, 0) is 14.3 Å². The summed E-state index contributed by atoms with van der Waals surface area (Å²) in [5.41, 5.74) is 4.03. The molecule has 4 fully saturated rings. The van der Waals surface area contributed by atoms with Gasteiger partial charge in [-0.2, -0.15) is 0 Å². The number of amides is 2. The van der Waals surface area contributed by atoms with E-state index in [0.717, 1.165) is 80.3 Å². The van der Waals surface area contributed by atoms with Crippen molar-refractivity contribution in [1.82, 2.24) is 20.3 Å². The molecule has 11 heteroatoms. The van der Waals surface area contributed by atoms with E-state index < -0.39 is 0 Å². The average Bonchev–Trinajstić information content (AvgIpc) is 3.91. The Hall–Kier alpha value is -3.99. The third kappa shape index (κ3) is 10.8. The molecule has 0 spiro atoms. The molecule has 7 rings (SSSR count). The first-order valence-electron chi connectivity index (χ1n) is 18.5. The summed E-state index contributed by atoms with van der Waals surface area (Å²) in [5, 5.41) is 2.73. The minimum atomic E-state index is -0.350. The molecular formula is C39H57N5O6. The molecule has 3 saturated carbocycles. The molecule has 3 aliphatic carbocycles. The first-order valence-corrected chi connectivity index (χ1v) is 18.5. The van der Waals surface area contributed by atoms with Gasteiger partial charge in [0.2, 0.25) is 5.91 Å². The van der Waals surface area contributed by atoms with Gasteiger partial charge in [0.1, 0.15) is 23.5 Å². The van der Waals surface area contributed by atoms with Crippen molar-refractivity contribution in [2.24, 2.45) is 5.92 Å². The Morgan fingerprint density at radius 3 is 2.22 bits per heavy atom. The highest BCUT2D eigenvalue weighted by molar-refractivity contribution is 5.94. The maximum absolute atomic E-state index is 12.7. The van der Waals surface area contributed by atoms with Crippen LogP contribution in [0, 0.1) is 12.8 Å². The van der Waals surface area contributed by atoms with Gasteiger partial charge in [-0.05, 0) is 82.6 Å². The van der Waals surface area contributed by atoms with Crippen molar-refractivity contribution < 1.29 is 29.6 Å². The van der Waals surface area contributed by atoms with Gasteiger partial charge in [-0.25, -0.2) is 14.8 Å². The van der Waals surface area contributed by atoms with E-state index in [2.05, 4.69) is 31.1 Å². The van der Waals surface area contributed by atoms with Gasteiger partial charge in [-0.15, -0.1) is 0 Å². The number of hydrogen-bond donors (Lipinski definition) is 1. The predicted octanol–water partition coefficient (Wildman–Crippen LogP) is 8.37. The maximum Gasteiger partial charge on any atom is 0.407 e. The number of hydrogen-bond acceptors (Lipinski definition) is 9. The molecule has 3 aromatic heterocycles. The van der Waals surface area contributed by atoms with Crippen LogP contribution in [0.2, 0.25) is 0 Å². The molecule has 2 amide bonds. The molecule has 11 nitrogen and oxygen atoms in total. The molecule has 274 valence electrons. The van der Waals surface area contributed by atoms with Gasteiger partial charge in [-0.3, -0.25) is 14.7 Å². The van der Waals surface area contributed by atoms with E-state index in [1.54, 1.807) is 24.5 Å². The first kappa shape index (κ1) is 37.3. The van der Waals surface area contributed by atoms with Crippen molar-refractivity contribution in [3.63, 3.8) is 0 Å². The lowest BCUT2D eigenvalue weighted by molar-refractivity contribution is -0.123. The van der Waals surface area contributed by atoms with Gasteiger partial charge in [0.25, 0.3) is 0 Å². The number of nitrogens with zero attached hydrogens (tertiary/aromatic N) is 4. The summed E-state index contributed by atoms with van der Waals surface area (Å²) in [7, 11) is 4.89. The number of oxazole rings is 1. The number of aryl methyl sites for hydroxylation is 1. The Balaban J connectivity index is 0.000000186. The lowest BCUT2D eigenvalue weighted by Crippen LogP contribution is -2.38. The van der Waals surface area contributed by atoms with Crippen molar-refractivity contribution in [1.29, 1.82) is 0 Å². The third-order valence-electron chi connectivity index (χ3n) is 10.1. The normalized spacial score (nSPS) is 18.5. The summed E-state index contributed by atoms with van der Waals surface area (Å²) < 4.78 is 20.4. The highest BCUT2D eigenvalue weighted by Crippen LogP contribution is 2.40. The van der Waals surface area contributed by atoms with Crippen LogP contribution in [0.5, 0.6) is 5.75 Å². The van der Waals surface area contributed by atoms with Crippen LogP contribution in [0.15, 0.2) is 41.1 Å². The van der Waals surface area contributed by atoms with Gasteiger partial charge in [0, 0.05) is 62.9 Å². The highest BCUT2D eigenvalue weighted by Gasteiger charge is 2.29. The minimum Gasteiger partial charge on any atom is -0.495 e. The van der Waals surface area contributed by atoms with Crippen LogP contribution in [0.1, 0.15) is 120 Å². The molecule has 4 heterocycles. The quantitative estimate of drug-likeness (QED) is 0.260. The van der Waals surface area contributed by atoms with Gasteiger partial charge < -0.3 is 23.9 Å². The molecule has 1 aliphatic heterocycles. The number of methoxy groups -OCH3 is 2. The van der Waals surface area contributed by atoms with Crippen LogP contribution in [0.3, 0.4) is 0 Å². The maximum atomic E-state index is 12.7. The van der Waals surface area contributed by atoms with E-state index in [-0.39, 0.29) is 25.4 Å². The fourth-order valence-electron chi connectivity index (χ4n) is 6.91. The smallest absolute Gasteiger partial charge is 0.407 e. The van der Waals surface area contributed by atoms with Crippen molar-refractivity contribution in [2.75, 3.05) is 39.4 Å². The fraction of sp³-hybridized carbons (Fsp3) is 0.615. The first-order chi connectivity index (χ1) is 24.4. The lowest BCUT2D eigenvalue weighted by Gasteiger charge is -2.26. The number of nitrogens with one attached hydrogen (secondary N) is 1. The number of alkyl carbamates (subject to hydrolysis) is 1. The van der Waals surface area contributed by atoms with E-state index in [9.17, 15) is 9.59 Å². The zero-order valence-electron chi connectivity index (χ0n) is 30.3. The number of carbonyl (C=O) groups excluding carboxylic acids is 2. The minimum absolute atomic E-state index is 0. The molecule has 50 heavy (non-hydrogen) atoms. The Morgan fingerprint density at radius 1 is 0.880 bits per heavy atom. The standard InChI is InChI=1S/C19H23N3O2.C13H19NO.C7H13NO3.H2/c1-22(19(23)14-5-3-2-4-6-14)17-11-15(9-10-20-17)16-12-24-18(21-16)13-7-8-13;1-10-13(15-2)9-8-12(14-10)11-6-4-3-5-7-11;1-10-7(9)8-6-2-4-11-5-3-6;/h9-14H,2-8H2,1H3;8-9,11H,3-7H2,1-2H3;6H,2-5H2,1H3,(H,8,9);1H. The number of ether oxygens (including phenoxy) is 3. The number of aromatic nitrogens is 3. The number of anilines is 1. The summed E-state index contributed by atoms with van der Waals surface area (Å²) in [6.07, 6.45) is 19.5. The van der Waals surface area contributed by atoms with E-state index in [1.165, 1.54) is 64.2 Å². The van der Waals surface area contributed by atoms with Crippen LogP contribution in [0.4, 0.5) is 10.6 Å². The van der Waals surface area contributed by atoms with Gasteiger partial charge in [0.05, 0.1) is 19.9 Å². The van der Waals surface area contributed by atoms with E-state index >= 15 is 0 Å². The Bertz CT molecular complexity index is 1510. The van der Waals surface area contributed by atoms with Gasteiger partial charge in [0.15, 0.2) is 5.89 Å².